The third-order valence-electron chi connectivity index (χ3n) is 11.2. The summed E-state index contributed by atoms with van der Waals surface area (Å²) >= 11 is 0. The lowest BCUT2D eigenvalue weighted by atomic mass is 10.0. The lowest BCUT2D eigenvalue weighted by Gasteiger charge is -2.38. The maximum atomic E-state index is 13.7. The summed E-state index contributed by atoms with van der Waals surface area (Å²) in [7, 11) is -3.85. The number of fused-ring (bicyclic) bond motifs is 1. The highest BCUT2D eigenvalue weighted by Crippen LogP contribution is 2.34. The molecule has 0 saturated carbocycles. The normalized spacial score (nSPS) is 14.7. The van der Waals surface area contributed by atoms with Gasteiger partial charge in [0, 0.05) is 68.4 Å². The SMILES string of the molecule is CCCN(CCC)C(=O)C1=Cc2ccc(-c3cccc(S(=O)(=O)N4CC(CNC(=O)OCc5ccc(NC(=O)[C@H](CCCNC(N)=O)NC(=O)[C@@H](NC(=O)O)C(C)C)cc5)C4)c3)cc2N=C(N)C1. The van der Waals surface area contributed by atoms with Crippen LogP contribution in [0.25, 0.3) is 17.2 Å². The van der Waals surface area contributed by atoms with Crippen molar-refractivity contribution in [1.82, 2.24) is 30.5 Å². The Kier molecular flexibility index (Phi) is 18.5. The molecule has 0 spiro atoms. The van der Waals surface area contributed by atoms with Crippen molar-refractivity contribution < 1.29 is 47.0 Å². The highest BCUT2D eigenvalue weighted by Gasteiger charge is 2.37. The van der Waals surface area contributed by atoms with Gasteiger partial charge in [-0.25, -0.2) is 27.8 Å². The number of nitrogens with zero attached hydrogens (tertiary/aromatic N) is 3. The Bertz CT molecular complexity index is 2480. The summed E-state index contributed by atoms with van der Waals surface area (Å²) < 4.78 is 34.1. The number of amides is 7. The van der Waals surface area contributed by atoms with E-state index in [0.717, 1.165) is 24.0 Å². The largest absolute Gasteiger partial charge is 0.465 e. The smallest absolute Gasteiger partial charge is 0.407 e. The molecule has 0 aliphatic carbocycles. The second kappa shape index (κ2) is 24.1. The van der Waals surface area contributed by atoms with E-state index < -0.39 is 58.1 Å². The van der Waals surface area contributed by atoms with E-state index in [9.17, 15) is 42.3 Å². The molecule has 10 N–H and O–H groups in total. The van der Waals surface area contributed by atoms with Crippen LogP contribution in [0.15, 0.2) is 82.2 Å². The second-order valence-electron chi connectivity index (χ2n) is 17.0. The van der Waals surface area contributed by atoms with Crippen LogP contribution in [-0.2, 0) is 35.8 Å². The molecule has 3 aromatic carbocycles. The number of carbonyl (C=O) groups excluding carboxylic acids is 5. The van der Waals surface area contributed by atoms with Crippen LogP contribution < -0.4 is 38.1 Å². The van der Waals surface area contributed by atoms with E-state index >= 15 is 0 Å². The number of ether oxygens (including phenoxy) is 1. The van der Waals surface area contributed by atoms with Gasteiger partial charge in [0.1, 0.15) is 24.5 Å². The molecule has 366 valence electrons. The monoisotopic (exact) mass is 958 g/mol. The molecular weight excluding hydrogens is 897 g/mol. The number of anilines is 1. The first-order valence-corrected chi connectivity index (χ1v) is 24.0. The molecular formula is C47H62N10O10S. The summed E-state index contributed by atoms with van der Waals surface area (Å²) in [5.74, 6) is -1.57. The quantitative estimate of drug-likeness (QED) is 0.0649. The first kappa shape index (κ1) is 52.0. The number of primary amides is 1. The van der Waals surface area contributed by atoms with Crippen molar-refractivity contribution in [2.45, 2.75) is 83.4 Å². The molecule has 1 fully saturated rings. The number of urea groups is 1. The average Bonchev–Trinajstić information content (AvgIpc) is 3.45. The van der Waals surface area contributed by atoms with Crippen molar-refractivity contribution >= 4 is 69.2 Å². The maximum absolute atomic E-state index is 13.7. The highest BCUT2D eigenvalue weighted by atomic mass is 32.2. The van der Waals surface area contributed by atoms with Gasteiger partial charge in [-0.15, -0.1) is 0 Å². The first-order chi connectivity index (χ1) is 32.4. The van der Waals surface area contributed by atoms with E-state index in [2.05, 4.69) is 31.6 Å². The number of carboxylic acid groups (broad SMARTS) is 1. The maximum Gasteiger partial charge on any atom is 0.407 e. The molecule has 0 unspecified atom stereocenters. The van der Waals surface area contributed by atoms with Crippen molar-refractivity contribution in [3.05, 3.63) is 83.4 Å². The van der Waals surface area contributed by atoms with Crippen molar-refractivity contribution in [1.29, 1.82) is 0 Å². The lowest BCUT2D eigenvalue weighted by molar-refractivity contribution is -0.128. The van der Waals surface area contributed by atoms with E-state index in [1.54, 1.807) is 56.3 Å². The molecule has 2 aliphatic rings. The van der Waals surface area contributed by atoms with Crippen LogP contribution in [0.4, 0.5) is 25.8 Å². The summed E-state index contributed by atoms with van der Waals surface area (Å²) in [4.78, 5) is 81.2. The van der Waals surface area contributed by atoms with Crippen molar-refractivity contribution in [3.63, 3.8) is 0 Å². The second-order valence-corrected chi connectivity index (χ2v) is 19.0. The van der Waals surface area contributed by atoms with Crippen LogP contribution in [0.3, 0.4) is 0 Å². The summed E-state index contributed by atoms with van der Waals surface area (Å²) in [5, 5.41) is 21.7. The van der Waals surface area contributed by atoms with Crippen LogP contribution in [0.2, 0.25) is 0 Å². The van der Waals surface area contributed by atoms with E-state index in [4.69, 9.17) is 16.2 Å². The molecule has 0 radical (unpaired) electrons. The number of rotatable bonds is 22. The molecule has 5 rings (SSSR count). The average molecular weight is 959 g/mol. The molecule has 0 bridgehead atoms. The van der Waals surface area contributed by atoms with Crippen molar-refractivity contribution in [3.8, 4) is 11.1 Å². The number of hydrogen-bond donors (Lipinski definition) is 8. The van der Waals surface area contributed by atoms with Gasteiger partial charge in [0.25, 0.3) is 0 Å². The minimum atomic E-state index is -3.85. The van der Waals surface area contributed by atoms with E-state index in [-0.39, 0.29) is 68.8 Å². The Labute approximate surface area is 396 Å². The van der Waals surface area contributed by atoms with Crippen molar-refractivity contribution in [2.24, 2.45) is 28.3 Å². The molecule has 68 heavy (non-hydrogen) atoms. The van der Waals surface area contributed by atoms with Gasteiger partial charge in [-0.3, -0.25) is 14.4 Å². The van der Waals surface area contributed by atoms with Gasteiger partial charge in [0.05, 0.1) is 10.6 Å². The molecule has 0 aromatic heterocycles. The Hall–Kier alpha value is -7.00. The van der Waals surface area contributed by atoms with Crippen LogP contribution in [0.5, 0.6) is 0 Å². The molecule has 1 saturated heterocycles. The number of aliphatic imine (C=N–C) groups is 1. The third kappa shape index (κ3) is 14.5. The van der Waals surface area contributed by atoms with E-state index in [0.29, 0.717) is 47.0 Å². The molecule has 20 nitrogen and oxygen atoms in total. The van der Waals surface area contributed by atoms with Gasteiger partial charge in [0.15, 0.2) is 0 Å². The van der Waals surface area contributed by atoms with E-state index in [1.165, 1.54) is 4.31 Å². The predicted octanol–water partition coefficient (Wildman–Crippen LogP) is 4.49. The molecule has 2 heterocycles. The number of hydrogen-bond acceptors (Lipinski definition) is 11. The van der Waals surface area contributed by atoms with Crippen LogP contribution >= 0.6 is 0 Å². The number of amidine groups is 1. The fraction of sp³-hybridized carbons (Fsp3) is 0.426. The van der Waals surface area contributed by atoms with Crippen molar-refractivity contribution in [2.75, 3.05) is 44.6 Å². The molecule has 2 aliphatic heterocycles. The number of nitrogens with two attached hydrogens (primary N) is 2. The number of carbonyl (C=O) groups is 6. The Balaban J connectivity index is 1.10. The zero-order valence-electron chi connectivity index (χ0n) is 38.7. The summed E-state index contributed by atoms with van der Waals surface area (Å²) in [6, 6.07) is 15.7. The number of nitrogens with one attached hydrogen (secondary N) is 5. The van der Waals surface area contributed by atoms with E-state index in [1.807, 2.05) is 49.1 Å². The van der Waals surface area contributed by atoms with Gasteiger partial charge in [0.2, 0.25) is 27.7 Å². The minimum Gasteiger partial charge on any atom is -0.465 e. The van der Waals surface area contributed by atoms with Crippen LogP contribution in [-0.4, -0.2) is 116 Å². The van der Waals surface area contributed by atoms with Gasteiger partial charge >= 0.3 is 18.2 Å². The zero-order valence-corrected chi connectivity index (χ0v) is 39.6. The Morgan fingerprint density at radius 2 is 1.60 bits per heavy atom. The Morgan fingerprint density at radius 1 is 0.912 bits per heavy atom. The topological polar surface area (TPSA) is 297 Å². The van der Waals surface area contributed by atoms with Gasteiger partial charge in [-0.05, 0) is 84.7 Å². The number of alkyl carbamates (subject to hydrolysis) is 1. The standard InChI is InChI=1S/C47H62N10O10S/c1-5-19-56(20-6-2)44(60)35-21-34-15-14-33(23-39(34)53-40(48)24-35)32-9-7-10-37(22-32)68(65,66)57-26-31(27-57)25-51-47(64)67-28-30-12-16-36(17-13-30)52-42(58)38(11-8-18-50-45(49)61)54-43(59)41(29(3)4)55-46(62)63/h7,9-10,12-17,21-23,29,31,38,41,55H,5-6,8,11,18-20,24-28H2,1-4H3,(H2,48,53)(H,51,64)(H,52,58)(H,54,59)(H,62,63)(H3,49,50,61)/t38-,41-/m0/s1. The highest BCUT2D eigenvalue weighted by molar-refractivity contribution is 7.89. The molecule has 7 amide bonds. The first-order valence-electron chi connectivity index (χ1n) is 22.6. The van der Waals surface area contributed by atoms with Gasteiger partial charge in [-0.1, -0.05) is 64.1 Å². The van der Waals surface area contributed by atoms with Crippen LogP contribution in [0, 0.1) is 11.8 Å². The molecule has 2 atom stereocenters. The molecule has 3 aromatic rings. The van der Waals surface area contributed by atoms with Gasteiger partial charge in [-0.2, -0.15) is 4.31 Å². The van der Waals surface area contributed by atoms with Gasteiger partial charge < -0.3 is 52.8 Å². The molecule has 21 heteroatoms. The zero-order chi connectivity index (χ0) is 49.5. The number of sulfonamides is 1. The lowest BCUT2D eigenvalue weighted by Crippen LogP contribution is -2.54. The summed E-state index contributed by atoms with van der Waals surface area (Å²) in [6.07, 6.45) is 2.04. The summed E-state index contributed by atoms with van der Waals surface area (Å²) in [6.45, 7) is 9.30. The fourth-order valence-electron chi connectivity index (χ4n) is 7.66. The number of benzene rings is 3. The summed E-state index contributed by atoms with van der Waals surface area (Å²) in [5.41, 5.74) is 15.7. The fourth-order valence-corrected chi connectivity index (χ4v) is 9.29. The van der Waals surface area contributed by atoms with Crippen LogP contribution in [0.1, 0.15) is 70.9 Å². The Morgan fingerprint density at radius 3 is 2.25 bits per heavy atom. The predicted molar refractivity (Wildman–Crippen MR) is 257 cm³/mol. The minimum absolute atomic E-state index is 0.0581. The third-order valence-corrected chi connectivity index (χ3v) is 13.1.